The van der Waals surface area contributed by atoms with Crippen LogP contribution < -0.4 is 10.1 Å². The average Bonchev–Trinajstić information content (AvgIpc) is 2.77. The molecule has 0 fully saturated rings. The molecule has 0 aliphatic carbocycles. The van der Waals surface area contributed by atoms with Crippen LogP contribution in [0.5, 0.6) is 5.75 Å². The highest BCUT2D eigenvalue weighted by atomic mass is 35.5. The Morgan fingerprint density at radius 1 is 1.36 bits per heavy atom. The maximum atomic E-state index is 12.8. The second-order valence-corrected chi connectivity index (χ2v) is 6.49. The Kier molecular flexibility index (Phi) is 5.18. The molecular weight excluding hydrogens is 340 g/mol. The molecule has 0 bridgehead atoms. The highest BCUT2D eigenvalue weighted by molar-refractivity contribution is 6.30. The number of carbonyl (C=O) groups excluding carboxylic acids is 1. The van der Waals surface area contributed by atoms with Gasteiger partial charge in [-0.1, -0.05) is 25.4 Å². The summed E-state index contributed by atoms with van der Waals surface area (Å²) in [5, 5.41) is 8.17. The molecule has 0 saturated heterocycles. The van der Waals surface area contributed by atoms with Crippen LogP contribution >= 0.6 is 11.6 Å². The number of urea groups is 1. The van der Waals surface area contributed by atoms with Gasteiger partial charge in [0.05, 0.1) is 18.8 Å². The smallest absolute Gasteiger partial charge is 0.323 e. The van der Waals surface area contributed by atoms with Gasteiger partial charge in [-0.3, -0.25) is 10.00 Å². The molecule has 1 aromatic heterocycles. The molecule has 1 aliphatic heterocycles. The lowest BCUT2D eigenvalue weighted by molar-refractivity contribution is 0.200. The number of nitrogens with one attached hydrogen (secondary N) is 1. The monoisotopic (exact) mass is 362 g/mol. The fourth-order valence-corrected chi connectivity index (χ4v) is 3.35. The number of halogens is 1. The van der Waals surface area contributed by atoms with Crippen LogP contribution in [-0.4, -0.2) is 33.9 Å². The number of hydrogen-bond acceptors (Lipinski definition) is 3. The number of carbonyl (C=O) groups is 1. The van der Waals surface area contributed by atoms with Crippen LogP contribution in [0, 0.1) is 0 Å². The van der Waals surface area contributed by atoms with Gasteiger partial charge in [-0.25, -0.2) is 4.79 Å². The zero-order valence-corrected chi connectivity index (χ0v) is 15.6. The third-order valence-electron chi connectivity index (χ3n) is 4.43. The van der Waals surface area contributed by atoms with Gasteiger partial charge in [-0.2, -0.15) is 5.10 Å². The van der Waals surface area contributed by atoms with Crippen molar-refractivity contribution in [2.45, 2.75) is 33.2 Å². The third-order valence-corrected chi connectivity index (χ3v) is 4.67. The summed E-state index contributed by atoms with van der Waals surface area (Å²) < 4.78 is 7.47. The van der Waals surface area contributed by atoms with Crippen molar-refractivity contribution >= 4 is 23.4 Å². The minimum absolute atomic E-state index is 0.156. The van der Waals surface area contributed by atoms with E-state index in [4.69, 9.17) is 16.3 Å². The van der Waals surface area contributed by atoms with E-state index in [9.17, 15) is 4.79 Å². The summed E-state index contributed by atoms with van der Waals surface area (Å²) in [6.45, 7) is 5.57. The highest BCUT2D eigenvalue weighted by Crippen LogP contribution is 2.27. The minimum Gasteiger partial charge on any atom is -0.491 e. The fraction of sp³-hybridized carbons (Fsp3) is 0.444. The fourth-order valence-electron chi connectivity index (χ4n) is 3.15. The quantitative estimate of drug-likeness (QED) is 0.907. The first-order valence-corrected chi connectivity index (χ1v) is 8.93. The Morgan fingerprint density at radius 3 is 2.88 bits per heavy atom. The van der Waals surface area contributed by atoms with Crippen molar-refractivity contribution in [3.63, 3.8) is 0 Å². The number of amides is 2. The van der Waals surface area contributed by atoms with Gasteiger partial charge in [0.2, 0.25) is 0 Å². The van der Waals surface area contributed by atoms with Crippen LogP contribution in [0.3, 0.4) is 0 Å². The summed E-state index contributed by atoms with van der Waals surface area (Å²) in [6.07, 6.45) is 1.67. The molecule has 0 unspecified atom stereocenters. The summed E-state index contributed by atoms with van der Waals surface area (Å²) in [4.78, 5) is 14.6. The number of fused-ring (bicyclic) bond motifs is 1. The van der Waals surface area contributed by atoms with E-state index in [0.717, 1.165) is 41.2 Å². The molecule has 0 atom stereocenters. The zero-order chi connectivity index (χ0) is 18.0. The molecule has 7 heteroatoms. The molecule has 25 heavy (non-hydrogen) atoms. The number of hydrogen-bond donors (Lipinski definition) is 1. The van der Waals surface area contributed by atoms with Crippen molar-refractivity contribution in [2.75, 3.05) is 18.5 Å². The number of ether oxygens (including phenoxy) is 1. The van der Waals surface area contributed by atoms with E-state index in [1.807, 2.05) is 19.2 Å². The molecule has 2 aromatic rings. The second-order valence-electron chi connectivity index (χ2n) is 6.06. The first kappa shape index (κ1) is 17.6. The number of rotatable bonds is 3. The van der Waals surface area contributed by atoms with Crippen LogP contribution in [0.1, 0.15) is 30.7 Å². The number of nitrogens with zero attached hydrogens (tertiary/aromatic N) is 3. The molecule has 2 heterocycles. The largest absolute Gasteiger partial charge is 0.491 e. The van der Waals surface area contributed by atoms with Crippen molar-refractivity contribution in [3.05, 3.63) is 40.0 Å². The van der Waals surface area contributed by atoms with E-state index in [2.05, 4.69) is 24.3 Å². The van der Waals surface area contributed by atoms with E-state index in [-0.39, 0.29) is 6.03 Å². The van der Waals surface area contributed by atoms with Crippen LogP contribution in [0.15, 0.2) is 18.2 Å². The predicted molar refractivity (Wildman–Crippen MR) is 98.3 cm³/mol. The van der Waals surface area contributed by atoms with Gasteiger partial charge in [0.25, 0.3) is 0 Å². The van der Waals surface area contributed by atoms with Gasteiger partial charge in [0.15, 0.2) is 0 Å². The maximum Gasteiger partial charge on any atom is 0.323 e. The third kappa shape index (κ3) is 3.58. The Balaban J connectivity index is 1.81. The van der Waals surface area contributed by atoms with E-state index >= 15 is 0 Å². The van der Waals surface area contributed by atoms with Gasteiger partial charge in [-0.15, -0.1) is 0 Å². The normalized spacial score (nSPS) is 13.8. The summed E-state index contributed by atoms with van der Waals surface area (Å²) in [5.41, 5.74) is 3.03. The zero-order valence-electron chi connectivity index (χ0n) is 14.8. The van der Waals surface area contributed by atoms with Crippen molar-refractivity contribution in [2.24, 2.45) is 7.05 Å². The Labute approximate surface area is 152 Å². The Bertz CT molecular complexity index is 788. The lowest BCUT2D eigenvalue weighted by Crippen LogP contribution is -2.36. The average molecular weight is 363 g/mol. The lowest BCUT2D eigenvalue weighted by atomic mass is 10.1. The molecule has 2 amide bonds. The summed E-state index contributed by atoms with van der Waals surface area (Å²) in [6, 6.07) is 5.34. The minimum atomic E-state index is -0.156. The summed E-state index contributed by atoms with van der Waals surface area (Å²) in [5.74, 6) is 1.54. The maximum absolute atomic E-state index is 12.8. The van der Waals surface area contributed by atoms with Gasteiger partial charge in [0, 0.05) is 23.2 Å². The number of aryl methyl sites for hydroxylation is 2. The molecule has 1 aromatic carbocycles. The van der Waals surface area contributed by atoms with Gasteiger partial charge in [0.1, 0.15) is 18.2 Å². The first-order valence-electron chi connectivity index (χ1n) is 8.55. The number of benzene rings is 1. The topological polar surface area (TPSA) is 59.4 Å². The predicted octanol–water partition coefficient (Wildman–Crippen LogP) is 3.62. The van der Waals surface area contributed by atoms with E-state index in [1.54, 1.807) is 15.6 Å². The Morgan fingerprint density at radius 2 is 2.16 bits per heavy atom. The number of aromatic nitrogens is 2. The van der Waals surface area contributed by atoms with E-state index < -0.39 is 0 Å². The van der Waals surface area contributed by atoms with Gasteiger partial charge < -0.3 is 9.64 Å². The molecule has 0 saturated carbocycles. The van der Waals surface area contributed by atoms with Crippen LogP contribution in [0.4, 0.5) is 10.6 Å². The summed E-state index contributed by atoms with van der Waals surface area (Å²) in [7, 11) is 1.86. The molecule has 6 nitrogen and oxygen atoms in total. The lowest BCUT2D eigenvalue weighted by Gasteiger charge is -2.21. The Hall–Kier alpha value is -2.21. The van der Waals surface area contributed by atoms with E-state index in [1.165, 1.54) is 0 Å². The van der Waals surface area contributed by atoms with Crippen LogP contribution in [0.2, 0.25) is 5.02 Å². The van der Waals surface area contributed by atoms with Crippen molar-refractivity contribution in [3.8, 4) is 5.75 Å². The van der Waals surface area contributed by atoms with Crippen LogP contribution in [-0.2, 0) is 26.4 Å². The first-order chi connectivity index (χ1) is 12.0. The standard InChI is InChI=1S/C18H23ClN4O2/c1-4-14-15(5-2)21-22(3)17(14)20-18(24)23-8-9-25-16-7-6-13(19)10-12(16)11-23/h6-7,10H,4-5,8-9,11H2,1-3H3,(H,20,24). The molecule has 0 spiro atoms. The summed E-state index contributed by atoms with van der Waals surface area (Å²) >= 11 is 6.08. The number of anilines is 1. The van der Waals surface area contributed by atoms with Crippen LogP contribution in [0.25, 0.3) is 0 Å². The van der Waals surface area contributed by atoms with E-state index in [0.29, 0.717) is 24.7 Å². The molecule has 134 valence electrons. The van der Waals surface area contributed by atoms with Crippen molar-refractivity contribution in [1.29, 1.82) is 0 Å². The SMILES string of the molecule is CCc1nn(C)c(NC(=O)N2CCOc3ccc(Cl)cc3C2)c1CC. The molecule has 1 aliphatic rings. The molecule has 3 rings (SSSR count). The van der Waals surface area contributed by atoms with Gasteiger partial charge >= 0.3 is 6.03 Å². The highest BCUT2D eigenvalue weighted by Gasteiger charge is 2.23. The second kappa shape index (κ2) is 7.35. The molecule has 0 radical (unpaired) electrons. The van der Waals surface area contributed by atoms with Crippen molar-refractivity contribution in [1.82, 2.24) is 14.7 Å². The van der Waals surface area contributed by atoms with Gasteiger partial charge in [-0.05, 0) is 31.0 Å². The molecular formula is C18H23ClN4O2. The molecule has 1 N–H and O–H groups in total. The van der Waals surface area contributed by atoms with Crippen molar-refractivity contribution < 1.29 is 9.53 Å².